The second-order valence-electron chi connectivity index (χ2n) is 5.25. The van der Waals surface area contributed by atoms with Crippen molar-refractivity contribution in [3.05, 3.63) is 35.9 Å². The number of hydrogen-bond acceptors (Lipinski definition) is 3. The van der Waals surface area contributed by atoms with Crippen molar-refractivity contribution in [2.45, 2.75) is 44.6 Å². The fourth-order valence-corrected chi connectivity index (χ4v) is 2.43. The van der Waals surface area contributed by atoms with Crippen LogP contribution >= 0.6 is 0 Å². The predicted molar refractivity (Wildman–Crippen MR) is 84.4 cm³/mol. The van der Waals surface area contributed by atoms with Gasteiger partial charge in [0.2, 0.25) is 0 Å². The Morgan fingerprint density at radius 2 is 1.90 bits per heavy atom. The van der Waals surface area contributed by atoms with E-state index < -0.39 is 11.5 Å². The second kappa shape index (κ2) is 9.53. The Labute approximate surface area is 127 Å². The Kier molecular flexibility index (Phi) is 8.01. The van der Waals surface area contributed by atoms with Crippen LogP contribution in [0.4, 0.5) is 0 Å². The number of ether oxygens (including phenoxy) is 1. The Morgan fingerprint density at radius 1 is 1.19 bits per heavy atom. The van der Waals surface area contributed by atoms with Crippen LogP contribution in [0.2, 0.25) is 0 Å². The highest BCUT2D eigenvalue weighted by atomic mass is 16.5. The van der Waals surface area contributed by atoms with Crippen molar-refractivity contribution in [1.29, 1.82) is 0 Å². The molecule has 0 bridgehead atoms. The summed E-state index contributed by atoms with van der Waals surface area (Å²) in [6, 6.07) is 9.28. The molecule has 1 aromatic rings. The van der Waals surface area contributed by atoms with Crippen molar-refractivity contribution in [2.24, 2.45) is 0 Å². The Bertz CT molecular complexity index is 408. The zero-order valence-electron chi connectivity index (χ0n) is 13.1. The van der Waals surface area contributed by atoms with Gasteiger partial charge in [-0.1, -0.05) is 56.5 Å². The molecule has 1 unspecified atom stereocenters. The molecule has 2 N–H and O–H groups in total. The fraction of sp³-hybridized carbons (Fsp3) is 0.588. The van der Waals surface area contributed by atoms with Crippen molar-refractivity contribution in [3.8, 4) is 0 Å². The molecular formula is C17H27NO3. The normalized spacial score (nSPS) is 13.8. The van der Waals surface area contributed by atoms with Gasteiger partial charge in [-0.05, 0) is 19.0 Å². The summed E-state index contributed by atoms with van der Waals surface area (Å²) < 4.78 is 5.61. The molecule has 0 amide bonds. The molecule has 0 aliphatic rings. The lowest BCUT2D eigenvalue weighted by Gasteiger charge is -2.29. The molecule has 1 rings (SSSR count). The van der Waals surface area contributed by atoms with Gasteiger partial charge in [-0.3, -0.25) is 0 Å². The summed E-state index contributed by atoms with van der Waals surface area (Å²) in [6.45, 7) is 3.32. The van der Waals surface area contributed by atoms with Gasteiger partial charge in [-0.15, -0.1) is 0 Å². The van der Waals surface area contributed by atoms with Crippen LogP contribution in [0.25, 0.3) is 0 Å². The van der Waals surface area contributed by atoms with E-state index in [1.807, 2.05) is 30.3 Å². The topological polar surface area (TPSA) is 58.6 Å². The zero-order chi connectivity index (χ0) is 15.6. The van der Waals surface area contributed by atoms with Crippen LogP contribution in [0.15, 0.2) is 30.3 Å². The van der Waals surface area contributed by atoms with Crippen LogP contribution in [-0.2, 0) is 15.1 Å². The Balaban J connectivity index is 2.54. The number of nitrogens with one attached hydrogen (secondary N) is 1. The van der Waals surface area contributed by atoms with Crippen molar-refractivity contribution >= 4 is 5.97 Å². The number of carboxylic acids is 1. The van der Waals surface area contributed by atoms with Crippen LogP contribution in [0.5, 0.6) is 0 Å². The number of hydrogen-bond donors (Lipinski definition) is 2. The highest BCUT2D eigenvalue weighted by molar-refractivity contribution is 5.80. The number of likely N-dealkylation sites (N-methyl/N-ethyl adjacent to an activating group) is 1. The number of aliphatic carboxylic acids is 1. The van der Waals surface area contributed by atoms with Crippen molar-refractivity contribution in [2.75, 3.05) is 20.3 Å². The molecule has 0 aromatic heterocycles. The van der Waals surface area contributed by atoms with Gasteiger partial charge in [0.05, 0.1) is 0 Å². The van der Waals surface area contributed by atoms with Gasteiger partial charge >= 0.3 is 5.97 Å². The number of carboxylic acid groups (broad SMARTS) is 1. The molecule has 0 aliphatic carbocycles. The molecule has 0 radical (unpaired) electrons. The first-order valence-electron chi connectivity index (χ1n) is 7.73. The summed E-state index contributed by atoms with van der Waals surface area (Å²) >= 11 is 0. The van der Waals surface area contributed by atoms with Crippen molar-refractivity contribution < 1.29 is 14.6 Å². The van der Waals surface area contributed by atoms with Crippen LogP contribution in [0.1, 0.15) is 44.6 Å². The molecule has 1 atom stereocenters. The van der Waals surface area contributed by atoms with Crippen molar-refractivity contribution in [3.63, 3.8) is 0 Å². The summed E-state index contributed by atoms with van der Waals surface area (Å²) in [6.07, 6.45) is 5.06. The van der Waals surface area contributed by atoms with Gasteiger partial charge in [0.1, 0.15) is 5.54 Å². The van der Waals surface area contributed by atoms with E-state index >= 15 is 0 Å². The third-order valence-electron chi connectivity index (χ3n) is 3.82. The van der Waals surface area contributed by atoms with Crippen LogP contribution in [0.3, 0.4) is 0 Å². The molecule has 0 saturated carbocycles. The summed E-state index contributed by atoms with van der Waals surface area (Å²) in [5.41, 5.74) is -0.320. The standard InChI is InChI=1S/C17H27NO3/c1-3-4-5-9-13-21-14-12-17(18-2,16(19)20)15-10-7-6-8-11-15/h6-8,10-11,18H,3-5,9,12-14H2,1-2H3,(H,19,20). The minimum absolute atomic E-state index is 0.413. The average Bonchev–Trinajstić information content (AvgIpc) is 2.51. The third kappa shape index (κ3) is 5.14. The molecule has 0 spiro atoms. The van der Waals surface area contributed by atoms with Crippen LogP contribution in [0, 0.1) is 0 Å². The van der Waals surface area contributed by atoms with Crippen LogP contribution in [-0.4, -0.2) is 31.3 Å². The van der Waals surface area contributed by atoms with Gasteiger partial charge < -0.3 is 15.2 Å². The first-order valence-corrected chi connectivity index (χ1v) is 7.73. The van der Waals surface area contributed by atoms with E-state index in [1.165, 1.54) is 19.3 Å². The smallest absolute Gasteiger partial charge is 0.328 e. The summed E-state index contributed by atoms with van der Waals surface area (Å²) in [7, 11) is 1.68. The molecule has 0 aliphatic heterocycles. The minimum atomic E-state index is -1.08. The molecule has 0 fully saturated rings. The summed E-state index contributed by atoms with van der Waals surface area (Å²) in [5.74, 6) is -0.870. The quantitative estimate of drug-likeness (QED) is 0.615. The molecule has 4 heteroatoms. The van der Waals surface area contributed by atoms with Crippen LogP contribution < -0.4 is 5.32 Å². The molecule has 118 valence electrons. The van der Waals surface area contributed by atoms with E-state index in [4.69, 9.17) is 4.74 Å². The lowest BCUT2D eigenvalue weighted by atomic mass is 9.87. The van der Waals surface area contributed by atoms with Gasteiger partial charge in [-0.25, -0.2) is 4.79 Å². The number of rotatable bonds is 11. The van der Waals surface area contributed by atoms with E-state index in [2.05, 4.69) is 12.2 Å². The lowest BCUT2D eigenvalue weighted by molar-refractivity contribution is -0.146. The first-order chi connectivity index (χ1) is 10.2. The maximum absolute atomic E-state index is 11.7. The van der Waals surface area contributed by atoms with E-state index in [-0.39, 0.29) is 0 Å². The Morgan fingerprint density at radius 3 is 2.48 bits per heavy atom. The maximum atomic E-state index is 11.7. The van der Waals surface area contributed by atoms with E-state index in [0.29, 0.717) is 19.6 Å². The fourth-order valence-electron chi connectivity index (χ4n) is 2.43. The van der Waals surface area contributed by atoms with E-state index in [0.717, 1.165) is 12.0 Å². The lowest BCUT2D eigenvalue weighted by Crippen LogP contribution is -2.48. The predicted octanol–water partition coefficient (Wildman–Crippen LogP) is 3.17. The van der Waals surface area contributed by atoms with Gasteiger partial charge in [0, 0.05) is 19.6 Å². The average molecular weight is 293 g/mol. The number of unbranched alkanes of at least 4 members (excludes halogenated alkanes) is 3. The molecule has 0 saturated heterocycles. The minimum Gasteiger partial charge on any atom is -0.480 e. The SMILES string of the molecule is CCCCCCOCCC(NC)(C(=O)O)c1ccccc1. The third-order valence-corrected chi connectivity index (χ3v) is 3.82. The van der Waals surface area contributed by atoms with Crippen molar-refractivity contribution in [1.82, 2.24) is 5.32 Å². The maximum Gasteiger partial charge on any atom is 0.328 e. The van der Waals surface area contributed by atoms with Gasteiger partial charge in [-0.2, -0.15) is 0 Å². The highest BCUT2D eigenvalue weighted by Crippen LogP contribution is 2.25. The zero-order valence-corrected chi connectivity index (χ0v) is 13.1. The Hall–Kier alpha value is -1.39. The second-order valence-corrected chi connectivity index (χ2v) is 5.25. The highest BCUT2D eigenvalue weighted by Gasteiger charge is 2.38. The molecule has 4 nitrogen and oxygen atoms in total. The summed E-state index contributed by atoms with van der Waals surface area (Å²) in [5, 5.41) is 12.6. The molecule has 0 heterocycles. The van der Waals surface area contributed by atoms with E-state index in [1.54, 1.807) is 7.05 Å². The van der Waals surface area contributed by atoms with E-state index in [9.17, 15) is 9.90 Å². The molecule has 21 heavy (non-hydrogen) atoms. The van der Waals surface area contributed by atoms with Gasteiger partial charge in [0.25, 0.3) is 0 Å². The molecular weight excluding hydrogens is 266 g/mol. The van der Waals surface area contributed by atoms with Gasteiger partial charge in [0.15, 0.2) is 0 Å². The summed E-state index contributed by atoms with van der Waals surface area (Å²) in [4.78, 5) is 11.7. The molecule has 1 aromatic carbocycles. The number of carbonyl (C=O) groups is 1. The first kappa shape index (κ1) is 17.7. The monoisotopic (exact) mass is 293 g/mol. The number of benzene rings is 1. The largest absolute Gasteiger partial charge is 0.480 e.